The summed E-state index contributed by atoms with van der Waals surface area (Å²) < 4.78 is 46.2. The Balaban J connectivity index is 1.26. The second-order valence-electron chi connectivity index (χ2n) is 10.4. The van der Waals surface area contributed by atoms with Gasteiger partial charge in [0.05, 0.1) is 22.5 Å². The van der Waals surface area contributed by atoms with Gasteiger partial charge in [-0.05, 0) is 43.4 Å². The maximum atomic E-state index is 14.2. The van der Waals surface area contributed by atoms with Crippen LogP contribution in [0.25, 0.3) is 5.70 Å². The van der Waals surface area contributed by atoms with E-state index in [9.17, 15) is 13.2 Å². The van der Waals surface area contributed by atoms with Crippen LogP contribution in [0.1, 0.15) is 55.2 Å². The molecular weight excluding hydrogens is 493 g/mol. The molecule has 36 heavy (non-hydrogen) atoms. The fraction of sp³-hybridized carbons (Fsp3) is 0.500. The summed E-state index contributed by atoms with van der Waals surface area (Å²) in [5, 5.41) is 16.5. The summed E-state index contributed by atoms with van der Waals surface area (Å²) in [5.41, 5.74) is -0.500. The molecule has 2 aliphatic carbocycles. The van der Waals surface area contributed by atoms with Crippen molar-refractivity contribution in [3.8, 4) is 0 Å². The van der Waals surface area contributed by atoms with Crippen LogP contribution in [-0.2, 0) is 18.0 Å². The Morgan fingerprint density at radius 2 is 1.97 bits per heavy atom. The number of hydrogen-bond acceptors (Lipinski definition) is 6. The highest BCUT2D eigenvalue weighted by molar-refractivity contribution is 6.31. The van der Waals surface area contributed by atoms with Crippen LogP contribution in [0.2, 0.25) is 5.02 Å². The van der Waals surface area contributed by atoms with E-state index < -0.39 is 11.6 Å². The number of nitrogens with zero attached hydrogens (tertiary/aromatic N) is 7. The lowest BCUT2D eigenvalue weighted by Gasteiger charge is -2.44. The minimum absolute atomic E-state index is 0.0506. The Morgan fingerprint density at radius 3 is 2.61 bits per heavy atom. The molecule has 188 valence electrons. The molecule has 1 atom stereocenters. The summed E-state index contributed by atoms with van der Waals surface area (Å²) in [6, 6.07) is 3.77. The molecule has 1 spiro atoms. The number of aromatic nitrogens is 6. The number of anilines is 2. The highest BCUT2D eigenvalue weighted by Crippen LogP contribution is 2.59. The predicted octanol–water partition coefficient (Wildman–Crippen LogP) is 4.73. The van der Waals surface area contributed by atoms with Crippen LogP contribution >= 0.6 is 11.6 Å². The third-order valence-corrected chi connectivity index (χ3v) is 8.65. The number of halogens is 4. The molecule has 12 heteroatoms. The zero-order valence-electron chi connectivity index (χ0n) is 19.6. The van der Waals surface area contributed by atoms with Gasteiger partial charge in [-0.25, -0.2) is 4.98 Å². The van der Waals surface area contributed by atoms with Crippen molar-refractivity contribution in [1.82, 2.24) is 34.4 Å². The van der Waals surface area contributed by atoms with Crippen molar-refractivity contribution < 1.29 is 13.2 Å². The van der Waals surface area contributed by atoms with Crippen molar-refractivity contribution in [2.45, 2.75) is 55.2 Å². The van der Waals surface area contributed by atoms with Crippen molar-refractivity contribution in [2.24, 2.45) is 7.05 Å². The molecule has 0 bridgehead atoms. The molecule has 8 nitrogen and oxygen atoms in total. The average Bonchev–Trinajstić information content (AvgIpc) is 3.11. The highest BCUT2D eigenvalue weighted by Gasteiger charge is 2.65. The molecule has 2 fully saturated rings. The fourth-order valence-electron chi connectivity index (χ4n) is 6.00. The van der Waals surface area contributed by atoms with Gasteiger partial charge >= 0.3 is 6.18 Å². The second kappa shape index (κ2) is 7.24. The van der Waals surface area contributed by atoms with Gasteiger partial charge < -0.3 is 14.8 Å². The van der Waals surface area contributed by atoms with Crippen LogP contribution in [0.15, 0.2) is 30.6 Å². The van der Waals surface area contributed by atoms with Crippen LogP contribution in [0, 0.1) is 0 Å². The number of hydrogen-bond donors (Lipinski definition) is 1. The molecule has 4 aliphatic rings. The molecular formula is C24H24ClF3N8. The van der Waals surface area contributed by atoms with E-state index in [1.165, 1.54) is 0 Å². The second-order valence-corrected chi connectivity index (χ2v) is 10.8. The molecule has 2 saturated carbocycles. The first-order valence-corrected chi connectivity index (χ1v) is 12.5. The lowest BCUT2D eigenvalue weighted by atomic mass is 9.67. The van der Waals surface area contributed by atoms with Gasteiger partial charge in [0.25, 0.3) is 0 Å². The van der Waals surface area contributed by atoms with E-state index in [2.05, 4.69) is 36.6 Å². The van der Waals surface area contributed by atoms with Crippen molar-refractivity contribution in [3.63, 3.8) is 0 Å². The van der Waals surface area contributed by atoms with Gasteiger partial charge in [-0.3, -0.25) is 4.68 Å². The third kappa shape index (κ3) is 3.01. The van der Waals surface area contributed by atoms with Gasteiger partial charge in [0.2, 0.25) is 0 Å². The quantitative estimate of drug-likeness (QED) is 0.540. The molecule has 7 rings (SSSR count). The zero-order chi connectivity index (χ0) is 24.9. The Kier molecular flexibility index (Phi) is 4.45. The number of alkyl halides is 3. The van der Waals surface area contributed by atoms with E-state index in [0.717, 1.165) is 29.9 Å². The van der Waals surface area contributed by atoms with Crippen molar-refractivity contribution in [3.05, 3.63) is 52.8 Å². The van der Waals surface area contributed by atoms with E-state index in [0.29, 0.717) is 36.2 Å². The largest absolute Gasteiger partial charge is 0.401 e. The maximum Gasteiger partial charge on any atom is 0.401 e. The molecule has 1 unspecified atom stereocenters. The SMILES string of the molecule is Cn1nccc1Nc1cc(C2C=C3c4nnc(C5(C(F)(F)F)CCC5)n4C4(CC4)CN3C2)c(Cl)cn1. The van der Waals surface area contributed by atoms with E-state index >= 15 is 0 Å². The van der Waals surface area contributed by atoms with Gasteiger partial charge in [0, 0.05) is 38.3 Å². The summed E-state index contributed by atoms with van der Waals surface area (Å²) in [7, 11) is 1.84. The minimum Gasteiger partial charge on any atom is -0.365 e. The minimum atomic E-state index is -4.34. The summed E-state index contributed by atoms with van der Waals surface area (Å²) >= 11 is 6.58. The molecule has 0 aromatic carbocycles. The molecule has 0 radical (unpaired) electrons. The maximum absolute atomic E-state index is 14.2. The monoisotopic (exact) mass is 516 g/mol. The first-order valence-electron chi connectivity index (χ1n) is 12.1. The van der Waals surface area contributed by atoms with Gasteiger partial charge in [0.15, 0.2) is 5.82 Å². The molecule has 0 saturated heterocycles. The zero-order valence-corrected chi connectivity index (χ0v) is 20.3. The Labute approximate surface area is 210 Å². The van der Waals surface area contributed by atoms with Crippen molar-refractivity contribution in [1.29, 1.82) is 0 Å². The van der Waals surface area contributed by atoms with E-state index in [4.69, 9.17) is 11.6 Å². The standard InChI is InChI=1S/C24H24ClF3N8/c1-34-19(3-8-30-34)31-18-10-15(16(25)11-29-18)14-9-17-20-32-33-21(23(4-2-5-23)24(26,27)28)36(20)22(6-7-22)13-35(17)12-14/h3,8-11,14H,2,4-7,12-13H2,1H3,(H,29,31). The lowest BCUT2D eigenvalue weighted by Crippen LogP contribution is -2.52. The molecule has 0 amide bonds. The van der Waals surface area contributed by atoms with Crippen LogP contribution in [-0.4, -0.2) is 53.7 Å². The number of rotatable bonds is 4. The smallest absolute Gasteiger partial charge is 0.365 e. The number of pyridine rings is 1. The summed E-state index contributed by atoms with van der Waals surface area (Å²) in [6.45, 7) is 1.34. The Hall–Kier alpha value is -3.08. The summed E-state index contributed by atoms with van der Waals surface area (Å²) in [5.74, 6) is 2.03. The molecule has 3 aromatic rings. The topological polar surface area (TPSA) is 76.7 Å². The highest BCUT2D eigenvalue weighted by atomic mass is 35.5. The van der Waals surface area contributed by atoms with Crippen LogP contribution in [0.3, 0.4) is 0 Å². The van der Waals surface area contributed by atoms with Crippen molar-refractivity contribution in [2.75, 3.05) is 18.4 Å². The van der Waals surface area contributed by atoms with Crippen molar-refractivity contribution >= 4 is 28.9 Å². The molecule has 1 N–H and O–H groups in total. The van der Waals surface area contributed by atoms with Crippen LogP contribution < -0.4 is 5.32 Å². The molecule has 2 aliphatic heterocycles. The van der Waals surface area contributed by atoms with E-state index in [-0.39, 0.29) is 30.1 Å². The third-order valence-electron chi connectivity index (χ3n) is 8.33. The first-order chi connectivity index (χ1) is 17.2. The van der Waals surface area contributed by atoms with Gasteiger partial charge in [-0.15, -0.1) is 10.2 Å². The predicted molar refractivity (Wildman–Crippen MR) is 127 cm³/mol. The van der Waals surface area contributed by atoms with Crippen LogP contribution in [0.4, 0.5) is 24.8 Å². The first kappa shape index (κ1) is 22.1. The fourth-order valence-corrected chi connectivity index (χ4v) is 6.24. The number of aryl methyl sites for hydroxylation is 1. The average molecular weight is 517 g/mol. The summed E-state index contributed by atoms with van der Waals surface area (Å²) in [6.07, 6.45) is 3.43. The van der Waals surface area contributed by atoms with Gasteiger partial charge in [-0.1, -0.05) is 18.0 Å². The number of nitrogens with one attached hydrogen (secondary N) is 1. The van der Waals surface area contributed by atoms with E-state index in [1.807, 2.05) is 23.7 Å². The lowest BCUT2D eigenvalue weighted by molar-refractivity contribution is -0.216. The normalized spacial score (nSPS) is 23.2. The summed E-state index contributed by atoms with van der Waals surface area (Å²) in [4.78, 5) is 6.64. The van der Waals surface area contributed by atoms with Gasteiger partial charge in [-0.2, -0.15) is 18.3 Å². The van der Waals surface area contributed by atoms with Crippen LogP contribution in [0.5, 0.6) is 0 Å². The van der Waals surface area contributed by atoms with Gasteiger partial charge in [0.1, 0.15) is 22.9 Å². The Bertz CT molecular complexity index is 1400. The number of fused-ring (bicyclic) bond motifs is 4. The van der Waals surface area contributed by atoms with E-state index in [1.54, 1.807) is 17.1 Å². The molecule has 5 heterocycles. The Morgan fingerprint density at radius 1 is 1.17 bits per heavy atom. The molecule has 3 aromatic heterocycles.